The first-order chi connectivity index (χ1) is 13.0. The second kappa shape index (κ2) is 5.71. The summed E-state index contributed by atoms with van der Waals surface area (Å²) in [6.07, 6.45) is 2.49. The molecule has 27 heavy (non-hydrogen) atoms. The lowest BCUT2D eigenvalue weighted by atomic mass is 10.0. The second-order valence-electron chi connectivity index (χ2n) is 7.23. The van der Waals surface area contributed by atoms with Gasteiger partial charge in [0.15, 0.2) is 5.65 Å². The molecule has 0 aliphatic carbocycles. The summed E-state index contributed by atoms with van der Waals surface area (Å²) in [6.45, 7) is 3.61. The van der Waals surface area contributed by atoms with Crippen molar-refractivity contribution < 1.29 is 9.47 Å². The number of hydrogen-bond donors (Lipinski definition) is 1. The van der Waals surface area contributed by atoms with Crippen molar-refractivity contribution >= 4 is 34.4 Å². The Kier molecular flexibility index (Phi) is 3.50. The van der Waals surface area contributed by atoms with Gasteiger partial charge in [-0.05, 0) is 18.6 Å². The summed E-state index contributed by atoms with van der Waals surface area (Å²) in [6, 6.07) is 3.76. The molecule has 0 radical (unpaired) electrons. The molecule has 1 N–H and O–H groups in total. The number of anilines is 2. The number of benzene rings is 1. The van der Waals surface area contributed by atoms with Crippen LogP contribution in [0.5, 0.6) is 5.75 Å². The molecule has 0 spiro atoms. The third-order valence-electron chi connectivity index (χ3n) is 5.19. The molecular formula is C18H18ClN5O3. The molecule has 2 aromatic heterocycles. The summed E-state index contributed by atoms with van der Waals surface area (Å²) >= 11 is 6.37. The van der Waals surface area contributed by atoms with Gasteiger partial charge >= 0.3 is 5.69 Å². The molecule has 0 saturated carbocycles. The molecule has 0 bridgehead atoms. The lowest BCUT2D eigenvalue weighted by molar-refractivity contribution is -0.0896. The summed E-state index contributed by atoms with van der Waals surface area (Å²) in [5.41, 5.74) is 2.53. The maximum Gasteiger partial charge on any atom is 0.330 e. The van der Waals surface area contributed by atoms with Gasteiger partial charge in [-0.15, -0.1) is 0 Å². The Morgan fingerprint density at radius 2 is 2.15 bits per heavy atom. The van der Waals surface area contributed by atoms with E-state index in [1.165, 1.54) is 0 Å². The molecule has 8 nitrogen and oxygen atoms in total. The van der Waals surface area contributed by atoms with Crippen molar-refractivity contribution in [2.45, 2.75) is 18.9 Å². The van der Waals surface area contributed by atoms with E-state index in [-0.39, 0.29) is 5.69 Å². The Labute approximate surface area is 159 Å². The van der Waals surface area contributed by atoms with Crippen molar-refractivity contribution in [1.29, 1.82) is 0 Å². The summed E-state index contributed by atoms with van der Waals surface area (Å²) in [5, 5.41) is 3.70. The molecule has 0 unspecified atom stereocenters. The fourth-order valence-corrected chi connectivity index (χ4v) is 3.80. The fraction of sp³-hybridized carbons (Fsp3) is 0.389. The molecule has 5 rings (SSSR count). The number of halogens is 1. The number of imidazole rings is 1. The average molecular weight is 388 g/mol. The molecule has 0 atom stereocenters. The standard InChI is InChI=1S/C18H18ClN5O3/c1-18(8-26-9-18)24-15-13(23(2)17(24)25)7-20-16(22-15)21-12-5-10-3-4-27-14(10)6-11(12)19/h5-7H,3-4,8-9H2,1-2H3,(H,20,21,22). The number of fused-ring (bicyclic) bond motifs is 2. The van der Waals surface area contributed by atoms with Gasteiger partial charge in [0.05, 0.1) is 42.3 Å². The molecule has 3 aromatic rings. The lowest BCUT2D eigenvalue weighted by Gasteiger charge is -2.38. The van der Waals surface area contributed by atoms with E-state index in [0.717, 1.165) is 17.7 Å². The van der Waals surface area contributed by atoms with Crippen molar-refractivity contribution in [3.8, 4) is 5.75 Å². The molecule has 9 heteroatoms. The summed E-state index contributed by atoms with van der Waals surface area (Å²) in [5.74, 6) is 1.20. The minimum atomic E-state index is -0.398. The van der Waals surface area contributed by atoms with Crippen LogP contribution < -0.4 is 15.7 Å². The van der Waals surface area contributed by atoms with Crippen LogP contribution in [0.25, 0.3) is 11.2 Å². The molecule has 1 saturated heterocycles. The van der Waals surface area contributed by atoms with Gasteiger partial charge in [0.25, 0.3) is 0 Å². The first-order valence-corrected chi connectivity index (χ1v) is 9.09. The van der Waals surface area contributed by atoms with Crippen LogP contribution in [0.1, 0.15) is 12.5 Å². The zero-order chi connectivity index (χ0) is 18.8. The fourth-order valence-electron chi connectivity index (χ4n) is 3.60. The van der Waals surface area contributed by atoms with Crippen molar-refractivity contribution in [3.05, 3.63) is 39.4 Å². The number of rotatable bonds is 3. The van der Waals surface area contributed by atoms with Crippen molar-refractivity contribution in [3.63, 3.8) is 0 Å². The molecule has 2 aliphatic heterocycles. The second-order valence-corrected chi connectivity index (χ2v) is 7.64. The van der Waals surface area contributed by atoms with Gasteiger partial charge in [-0.2, -0.15) is 4.98 Å². The van der Waals surface area contributed by atoms with Crippen LogP contribution >= 0.6 is 11.6 Å². The Hall–Kier alpha value is -2.58. The predicted molar refractivity (Wildman–Crippen MR) is 101 cm³/mol. The largest absolute Gasteiger partial charge is 0.493 e. The smallest absolute Gasteiger partial charge is 0.330 e. The quantitative estimate of drug-likeness (QED) is 0.741. The van der Waals surface area contributed by atoms with Crippen molar-refractivity contribution in [2.75, 3.05) is 25.1 Å². The van der Waals surface area contributed by atoms with Gasteiger partial charge in [-0.3, -0.25) is 9.13 Å². The number of hydrogen-bond acceptors (Lipinski definition) is 6. The first kappa shape index (κ1) is 16.6. The van der Waals surface area contributed by atoms with E-state index >= 15 is 0 Å². The predicted octanol–water partition coefficient (Wildman–Crippen LogP) is 2.21. The number of nitrogens with zero attached hydrogens (tertiary/aromatic N) is 4. The minimum Gasteiger partial charge on any atom is -0.493 e. The van der Waals surface area contributed by atoms with Crippen LogP contribution in [0.4, 0.5) is 11.6 Å². The molecule has 140 valence electrons. The first-order valence-electron chi connectivity index (χ1n) is 8.71. The molecule has 1 fully saturated rings. The number of nitrogens with one attached hydrogen (secondary N) is 1. The summed E-state index contributed by atoms with van der Waals surface area (Å²) < 4.78 is 14.1. The van der Waals surface area contributed by atoms with Gasteiger partial charge in [-0.25, -0.2) is 9.78 Å². The zero-order valence-electron chi connectivity index (χ0n) is 15.0. The Morgan fingerprint density at radius 3 is 2.89 bits per heavy atom. The van der Waals surface area contributed by atoms with Gasteiger partial charge in [0.2, 0.25) is 5.95 Å². The number of ether oxygens (including phenoxy) is 2. The van der Waals surface area contributed by atoms with Crippen molar-refractivity contribution in [1.82, 2.24) is 19.1 Å². The van der Waals surface area contributed by atoms with E-state index in [2.05, 4.69) is 15.3 Å². The normalized spacial score (nSPS) is 17.4. The van der Waals surface area contributed by atoms with E-state index in [1.54, 1.807) is 28.4 Å². The van der Waals surface area contributed by atoms with Crippen molar-refractivity contribution in [2.24, 2.45) is 7.05 Å². The van der Waals surface area contributed by atoms with Gasteiger partial charge in [-0.1, -0.05) is 11.6 Å². The van der Waals surface area contributed by atoms with Crippen LogP contribution in [-0.2, 0) is 23.7 Å². The van der Waals surface area contributed by atoms with Gasteiger partial charge in [0.1, 0.15) is 11.3 Å². The molecular weight excluding hydrogens is 370 g/mol. The van der Waals surface area contributed by atoms with Crippen LogP contribution in [0.2, 0.25) is 5.02 Å². The Morgan fingerprint density at radius 1 is 1.33 bits per heavy atom. The number of aryl methyl sites for hydroxylation is 1. The SMILES string of the molecule is Cn1c(=O)n(C2(C)COC2)c2nc(Nc3cc4c(cc3Cl)OCC4)ncc21. The number of aromatic nitrogens is 4. The van der Waals surface area contributed by atoms with Gasteiger partial charge in [0, 0.05) is 19.5 Å². The molecule has 4 heterocycles. The summed E-state index contributed by atoms with van der Waals surface area (Å²) in [7, 11) is 1.72. The van der Waals surface area contributed by atoms with Crippen LogP contribution in [0.3, 0.4) is 0 Å². The maximum absolute atomic E-state index is 12.7. The van der Waals surface area contributed by atoms with E-state index in [1.807, 2.05) is 13.0 Å². The van der Waals surface area contributed by atoms with Crippen LogP contribution in [0, 0.1) is 0 Å². The van der Waals surface area contributed by atoms with Crippen LogP contribution in [0.15, 0.2) is 23.1 Å². The molecule has 0 amide bonds. The average Bonchev–Trinajstić information content (AvgIpc) is 3.16. The zero-order valence-corrected chi connectivity index (χ0v) is 15.7. The third kappa shape index (κ3) is 2.44. The topological polar surface area (TPSA) is 83.2 Å². The minimum absolute atomic E-state index is 0.130. The lowest BCUT2D eigenvalue weighted by Crippen LogP contribution is -2.53. The summed E-state index contributed by atoms with van der Waals surface area (Å²) in [4.78, 5) is 21.7. The molecule has 2 aliphatic rings. The molecule has 1 aromatic carbocycles. The van der Waals surface area contributed by atoms with E-state index < -0.39 is 5.54 Å². The highest BCUT2D eigenvalue weighted by Gasteiger charge is 2.39. The maximum atomic E-state index is 12.7. The van der Waals surface area contributed by atoms with Crippen LogP contribution in [-0.4, -0.2) is 38.9 Å². The Bertz CT molecular complexity index is 1130. The highest BCUT2D eigenvalue weighted by atomic mass is 35.5. The highest BCUT2D eigenvalue weighted by molar-refractivity contribution is 6.33. The highest BCUT2D eigenvalue weighted by Crippen LogP contribution is 2.35. The van der Waals surface area contributed by atoms with Gasteiger partial charge < -0.3 is 14.8 Å². The third-order valence-corrected chi connectivity index (χ3v) is 5.51. The monoisotopic (exact) mass is 387 g/mol. The van der Waals surface area contributed by atoms with E-state index in [0.29, 0.717) is 47.6 Å². The van der Waals surface area contributed by atoms with E-state index in [9.17, 15) is 4.79 Å². The Balaban J connectivity index is 1.59. The van der Waals surface area contributed by atoms with E-state index in [4.69, 9.17) is 21.1 Å².